The number of ether oxygens (including phenoxy) is 1. The van der Waals surface area contributed by atoms with Crippen molar-refractivity contribution in [2.45, 2.75) is 69.7 Å². The second-order valence-corrected chi connectivity index (χ2v) is 8.49. The van der Waals surface area contributed by atoms with Crippen LogP contribution in [0, 0.1) is 11.8 Å². The van der Waals surface area contributed by atoms with Crippen molar-refractivity contribution in [1.29, 1.82) is 0 Å². The summed E-state index contributed by atoms with van der Waals surface area (Å²) in [5.41, 5.74) is 0.204. The SMILES string of the molecule is COC(=O)CCC/C=C\C[C@@H]1[C@@H](/C=C/C(C)(O)CCc2ccccc2)[C@H](O)C[C@@H]1O. The maximum absolute atomic E-state index is 11.1. The van der Waals surface area contributed by atoms with Crippen LogP contribution in [0.1, 0.15) is 51.0 Å². The standard InChI is InChI=1S/C25H36O5/c1-25(29,16-14-19-10-6-5-7-11-19)17-15-21-20(22(26)18-23(21)27)12-8-3-4-9-13-24(28)30-2/h3,5-8,10-11,15,17,20-23,26-27,29H,4,9,12-14,16,18H2,1-2H3/b8-3-,17-15+/t20-,21-,22+,23-,25?/m1/s1. The summed E-state index contributed by atoms with van der Waals surface area (Å²) < 4.78 is 4.62. The third-order valence-corrected chi connectivity index (χ3v) is 5.91. The van der Waals surface area contributed by atoms with Crippen LogP contribution < -0.4 is 0 Å². The van der Waals surface area contributed by atoms with Crippen molar-refractivity contribution in [3.8, 4) is 0 Å². The number of rotatable bonds is 11. The van der Waals surface area contributed by atoms with Gasteiger partial charge in [0.05, 0.1) is 24.9 Å². The molecule has 166 valence electrons. The fourth-order valence-electron chi connectivity index (χ4n) is 3.99. The van der Waals surface area contributed by atoms with E-state index in [1.807, 2.05) is 48.6 Å². The van der Waals surface area contributed by atoms with E-state index < -0.39 is 17.8 Å². The minimum absolute atomic E-state index is 0.0852. The van der Waals surface area contributed by atoms with Gasteiger partial charge >= 0.3 is 5.97 Å². The Morgan fingerprint density at radius 3 is 2.63 bits per heavy atom. The Morgan fingerprint density at radius 2 is 1.93 bits per heavy atom. The zero-order chi connectivity index (χ0) is 22.0. The van der Waals surface area contributed by atoms with Crippen molar-refractivity contribution in [1.82, 2.24) is 0 Å². The molecule has 1 aromatic carbocycles. The van der Waals surface area contributed by atoms with Gasteiger partial charge in [-0.2, -0.15) is 0 Å². The summed E-state index contributed by atoms with van der Waals surface area (Å²) in [5, 5.41) is 31.5. The molecule has 2 rings (SSSR count). The maximum Gasteiger partial charge on any atom is 0.305 e. The molecule has 1 aliphatic carbocycles. The maximum atomic E-state index is 11.1. The molecule has 1 unspecified atom stereocenters. The third-order valence-electron chi connectivity index (χ3n) is 5.91. The van der Waals surface area contributed by atoms with E-state index in [9.17, 15) is 20.1 Å². The molecule has 3 N–H and O–H groups in total. The highest BCUT2D eigenvalue weighted by Gasteiger charge is 2.39. The number of aliphatic hydroxyl groups is 3. The number of aliphatic hydroxyl groups excluding tert-OH is 2. The van der Waals surface area contributed by atoms with Gasteiger partial charge in [0.2, 0.25) is 0 Å². The predicted molar refractivity (Wildman–Crippen MR) is 118 cm³/mol. The quantitative estimate of drug-likeness (QED) is 0.292. The number of unbranched alkanes of at least 4 members (excludes halogenated alkanes) is 1. The molecule has 0 saturated heterocycles. The Balaban J connectivity index is 1.87. The van der Waals surface area contributed by atoms with Crippen LogP contribution in [0.4, 0.5) is 0 Å². The van der Waals surface area contributed by atoms with Gasteiger partial charge in [0, 0.05) is 18.8 Å². The average molecular weight is 417 g/mol. The highest BCUT2D eigenvalue weighted by Crippen LogP contribution is 2.37. The first-order valence-electron chi connectivity index (χ1n) is 10.9. The number of hydrogen-bond donors (Lipinski definition) is 3. The van der Waals surface area contributed by atoms with Crippen LogP contribution >= 0.6 is 0 Å². The number of aryl methyl sites for hydroxylation is 1. The fourth-order valence-corrected chi connectivity index (χ4v) is 3.99. The molecule has 5 atom stereocenters. The largest absolute Gasteiger partial charge is 0.469 e. The molecule has 0 radical (unpaired) electrons. The van der Waals surface area contributed by atoms with Crippen LogP contribution in [0.15, 0.2) is 54.6 Å². The fraction of sp³-hybridized carbons (Fsp3) is 0.560. The molecule has 30 heavy (non-hydrogen) atoms. The van der Waals surface area contributed by atoms with E-state index in [4.69, 9.17) is 0 Å². The van der Waals surface area contributed by atoms with E-state index >= 15 is 0 Å². The van der Waals surface area contributed by atoms with Gasteiger partial charge in [0.15, 0.2) is 0 Å². The lowest BCUT2D eigenvalue weighted by Crippen LogP contribution is -2.24. The lowest BCUT2D eigenvalue weighted by Gasteiger charge is -2.23. The number of benzene rings is 1. The van der Waals surface area contributed by atoms with Crippen LogP contribution in [0.2, 0.25) is 0 Å². The minimum atomic E-state index is -0.975. The molecule has 5 heteroatoms. The topological polar surface area (TPSA) is 87.0 Å². The number of methoxy groups -OCH3 is 1. The van der Waals surface area contributed by atoms with Crippen LogP contribution in [-0.4, -0.2) is 46.2 Å². The molecule has 1 aromatic rings. The summed E-state index contributed by atoms with van der Waals surface area (Å²) in [4.78, 5) is 11.1. The lowest BCUT2D eigenvalue weighted by atomic mass is 9.87. The Morgan fingerprint density at radius 1 is 1.20 bits per heavy atom. The zero-order valence-corrected chi connectivity index (χ0v) is 18.1. The van der Waals surface area contributed by atoms with Gasteiger partial charge in [-0.25, -0.2) is 0 Å². The van der Waals surface area contributed by atoms with E-state index in [1.54, 1.807) is 13.0 Å². The first-order chi connectivity index (χ1) is 14.3. The second kappa shape index (κ2) is 12.0. The Kier molecular flexibility index (Phi) is 9.76. The normalized spacial score (nSPS) is 26.3. The van der Waals surface area contributed by atoms with E-state index in [1.165, 1.54) is 12.7 Å². The van der Waals surface area contributed by atoms with Crippen molar-refractivity contribution in [2.75, 3.05) is 7.11 Å². The summed E-state index contributed by atoms with van der Waals surface area (Å²) in [7, 11) is 1.39. The molecule has 0 aliphatic heterocycles. The van der Waals surface area contributed by atoms with Crippen molar-refractivity contribution in [2.24, 2.45) is 11.8 Å². The van der Waals surface area contributed by atoms with Gasteiger partial charge in [-0.1, -0.05) is 54.6 Å². The van der Waals surface area contributed by atoms with E-state index in [2.05, 4.69) is 4.74 Å². The molecule has 1 saturated carbocycles. The van der Waals surface area contributed by atoms with Gasteiger partial charge in [-0.05, 0) is 50.5 Å². The molecule has 0 bridgehead atoms. The van der Waals surface area contributed by atoms with Gasteiger partial charge in [0.1, 0.15) is 0 Å². The smallest absolute Gasteiger partial charge is 0.305 e. The molecule has 0 aromatic heterocycles. The number of carbonyl (C=O) groups excluding carboxylic acids is 1. The summed E-state index contributed by atoms with van der Waals surface area (Å²) >= 11 is 0. The molecule has 0 heterocycles. The van der Waals surface area contributed by atoms with Gasteiger partial charge in [-0.3, -0.25) is 4.79 Å². The number of esters is 1. The summed E-state index contributed by atoms with van der Waals surface area (Å²) in [6.07, 6.45) is 10.7. The van der Waals surface area contributed by atoms with Crippen LogP contribution in [0.5, 0.6) is 0 Å². The van der Waals surface area contributed by atoms with Gasteiger partial charge in [0.25, 0.3) is 0 Å². The minimum Gasteiger partial charge on any atom is -0.469 e. The molecule has 1 aliphatic rings. The van der Waals surface area contributed by atoms with E-state index in [0.29, 0.717) is 25.7 Å². The average Bonchev–Trinajstić information content (AvgIpc) is 3.00. The van der Waals surface area contributed by atoms with Gasteiger partial charge in [-0.15, -0.1) is 0 Å². The Labute approximate surface area is 180 Å². The van der Waals surface area contributed by atoms with Crippen molar-refractivity contribution < 1.29 is 24.9 Å². The molecule has 5 nitrogen and oxygen atoms in total. The van der Waals surface area contributed by atoms with Crippen LogP contribution in [0.3, 0.4) is 0 Å². The first-order valence-corrected chi connectivity index (χ1v) is 10.9. The molecule has 0 amide bonds. The van der Waals surface area contributed by atoms with Crippen LogP contribution in [0.25, 0.3) is 0 Å². The molecule has 1 fully saturated rings. The van der Waals surface area contributed by atoms with Crippen LogP contribution in [-0.2, 0) is 16.0 Å². The predicted octanol–water partition coefficient (Wildman–Crippen LogP) is 3.57. The Bertz CT molecular complexity index is 695. The first kappa shape index (κ1) is 24.3. The van der Waals surface area contributed by atoms with Crippen molar-refractivity contribution in [3.05, 3.63) is 60.2 Å². The van der Waals surface area contributed by atoms with E-state index in [0.717, 1.165) is 19.3 Å². The lowest BCUT2D eigenvalue weighted by molar-refractivity contribution is -0.140. The highest BCUT2D eigenvalue weighted by atomic mass is 16.5. The van der Waals surface area contributed by atoms with Gasteiger partial charge < -0.3 is 20.1 Å². The number of hydrogen-bond acceptors (Lipinski definition) is 5. The zero-order valence-electron chi connectivity index (χ0n) is 18.1. The Hall–Kier alpha value is -1.95. The van der Waals surface area contributed by atoms with E-state index in [-0.39, 0.29) is 17.8 Å². The molecular weight excluding hydrogens is 380 g/mol. The monoisotopic (exact) mass is 416 g/mol. The summed E-state index contributed by atoms with van der Waals surface area (Å²) in [6.45, 7) is 1.78. The highest BCUT2D eigenvalue weighted by molar-refractivity contribution is 5.69. The number of allylic oxidation sites excluding steroid dienone is 2. The molecule has 0 spiro atoms. The summed E-state index contributed by atoms with van der Waals surface area (Å²) in [5.74, 6) is -0.483. The summed E-state index contributed by atoms with van der Waals surface area (Å²) in [6, 6.07) is 10.0. The van der Waals surface area contributed by atoms with Crippen molar-refractivity contribution >= 4 is 5.97 Å². The number of carbonyl (C=O) groups is 1. The molecular formula is C25H36O5. The van der Waals surface area contributed by atoms with Crippen molar-refractivity contribution in [3.63, 3.8) is 0 Å². The third kappa shape index (κ3) is 8.05. The second-order valence-electron chi connectivity index (χ2n) is 8.49.